The number of ether oxygens (including phenoxy) is 1. The molecule has 0 saturated carbocycles. The van der Waals surface area contributed by atoms with E-state index < -0.39 is 12.1 Å². The van der Waals surface area contributed by atoms with Crippen LogP contribution in [0.2, 0.25) is 9.36 Å². The standard InChI is InChI=1S/C16H15Cl2F3N2OS/c17-11-9-10(1-2-12(11)24-16(19,20)21)15(13-3-4-14(18)25-13)23-7-5-22-6-8-23/h1-4,9,15,22H,5-8H2/t15-/m0/s1. The van der Waals surface area contributed by atoms with Crippen molar-refractivity contribution in [2.75, 3.05) is 26.2 Å². The van der Waals surface area contributed by atoms with Crippen molar-refractivity contribution in [1.29, 1.82) is 0 Å². The number of hydrogen-bond acceptors (Lipinski definition) is 4. The van der Waals surface area contributed by atoms with Crippen molar-refractivity contribution >= 4 is 34.5 Å². The summed E-state index contributed by atoms with van der Waals surface area (Å²) in [6.07, 6.45) is -4.77. The lowest BCUT2D eigenvalue weighted by Gasteiger charge is -2.35. The Balaban J connectivity index is 1.94. The summed E-state index contributed by atoms with van der Waals surface area (Å²) < 4.78 is 41.9. The Morgan fingerprint density at radius 2 is 1.84 bits per heavy atom. The van der Waals surface area contributed by atoms with Gasteiger partial charge in [0, 0.05) is 31.1 Å². The first kappa shape index (κ1) is 18.8. The van der Waals surface area contributed by atoms with Crippen LogP contribution < -0.4 is 10.1 Å². The summed E-state index contributed by atoms with van der Waals surface area (Å²) in [6, 6.07) is 8.05. The topological polar surface area (TPSA) is 24.5 Å². The summed E-state index contributed by atoms with van der Waals surface area (Å²) in [6.45, 7) is 3.33. The van der Waals surface area contributed by atoms with Gasteiger partial charge in [-0.05, 0) is 29.8 Å². The molecule has 0 bridgehead atoms. The maximum atomic E-state index is 12.4. The van der Waals surface area contributed by atoms with Crippen LogP contribution in [0.15, 0.2) is 30.3 Å². The van der Waals surface area contributed by atoms with Gasteiger partial charge in [-0.1, -0.05) is 29.3 Å². The second-order valence-electron chi connectivity index (χ2n) is 5.57. The number of hydrogen-bond donors (Lipinski definition) is 1. The van der Waals surface area contributed by atoms with E-state index >= 15 is 0 Å². The Morgan fingerprint density at radius 3 is 2.40 bits per heavy atom. The zero-order valence-corrected chi connectivity index (χ0v) is 15.3. The molecule has 1 N–H and O–H groups in total. The summed E-state index contributed by atoms with van der Waals surface area (Å²) in [4.78, 5) is 3.28. The van der Waals surface area contributed by atoms with Crippen LogP contribution in [-0.4, -0.2) is 37.4 Å². The van der Waals surface area contributed by atoms with Crippen LogP contribution in [0, 0.1) is 0 Å². The lowest BCUT2D eigenvalue weighted by molar-refractivity contribution is -0.274. The van der Waals surface area contributed by atoms with Crippen molar-refractivity contribution in [3.8, 4) is 5.75 Å². The number of alkyl halides is 3. The quantitative estimate of drug-likeness (QED) is 0.771. The third-order valence-electron chi connectivity index (χ3n) is 3.88. The van der Waals surface area contributed by atoms with Crippen molar-refractivity contribution in [2.24, 2.45) is 0 Å². The van der Waals surface area contributed by atoms with Crippen LogP contribution >= 0.6 is 34.5 Å². The molecule has 2 aromatic rings. The zero-order valence-electron chi connectivity index (χ0n) is 12.9. The minimum absolute atomic E-state index is 0.0717. The molecular formula is C16H15Cl2F3N2OS. The molecule has 1 aliphatic rings. The SMILES string of the molecule is FC(F)(F)Oc1ccc([C@@H](c2ccc(Cl)s2)N2CCNCC2)cc1Cl. The molecule has 0 unspecified atom stereocenters. The molecule has 0 aliphatic carbocycles. The highest BCUT2D eigenvalue weighted by molar-refractivity contribution is 7.16. The van der Waals surface area contributed by atoms with Gasteiger partial charge in [0.25, 0.3) is 0 Å². The first-order valence-corrected chi connectivity index (χ1v) is 9.16. The Labute approximate surface area is 157 Å². The van der Waals surface area contributed by atoms with E-state index in [4.69, 9.17) is 23.2 Å². The number of piperazine rings is 1. The molecule has 1 aliphatic heterocycles. The summed E-state index contributed by atoms with van der Waals surface area (Å²) in [7, 11) is 0. The van der Waals surface area contributed by atoms with Crippen molar-refractivity contribution in [3.63, 3.8) is 0 Å². The molecular weight excluding hydrogens is 396 g/mol. The van der Waals surface area contributed by atoms with Crippen LogP contribution in [0.5, 0.6) is 5.75 Å². The van der Waals surface area contributed by atoms with Gasteiger partial charge >= 0.3 is 6.36 Å². The van der Waals surface area contributed by atoms with Crippen molar-refractivity contribution < 1.29 is 17.9 Å². The summed E-state index contributed by atoms with van der Waals surface area (Å²) in [5.41, 5.74) is 0.806. The maximum absolute atomic E-state index is 12.4. The Hall–Kier alpha value is -0.990. The van der Waals surface area contributed by atoms with Crippen LogP contribution in [0.4, 0.5) is 13.2 Å². The van der Waals surface area contributed by atoms with Gasteiger partial charge in [0.2, 0.25) is 0 Å². The molecule has 2 heterocycles. The molecule has 0 spiro atoms. The maximum Gasteiger partial charge on any atom is 0.573 e. The van der Waals surface area contributed by atoms with Gasteiger partial charge in [-0.3, -0.25) is 4.90 Å². The number of benzene rings is 1. The van der Waals surface area contributed by atoms with E-state index in [1.165, 1.54) is 23.5 Å². The summed E-state index contributed by atoms with van der Waals surface area (Å²) >= 11 is 13.6. The predicted molar refractivity (Wildman–Crippen MR) is 93.7 cm³/mol. The van der Waals surface area contributed by atoms with Crippen LogP contribution in [0.1, 0.15) is 16.5 Å². The number of nitrogens with one attached hydrogen (secondary N) is 1. The van der Waals surface area contributed by atoms with Crippen molar-refractivity contribution in [2.45, 2.75) is 12.4 Å². The number of thiophene rings is 1. The summed E-state index contributed by atoms with van der Waals surface area (Å²) in [5.74, 6) is -0.402. The second kappa shape index (κ2) is 7.72. The van der Waals surface area contributed by atoms with E-state index in [2.05, 4.69) is 15.0 Å². The fraction of sp³-hybridized carbons (Fsp3) is 0.375. The van der Waals surface area contributed by atoms with E-state index in [0.29, 0.717) is 4.34 Å². The molecule has 1 saturated heterocycles. The highest BCUT2D eigenvalue weighted by Gasteiger charge is 2.32. The molecule has 0 amide bonds. The highest BCUT2D eigenvalue weighted by Crippen LogP contribution is 2.39. The van der Waals surface area contributed by atoms with Gasteiger partial charge in [-0.15, -0.1) is 24.5 Å². The number of rotatable bonds is 4. The van der Waals surface area contributed by atoms with Crippen LogP contribution in [-0.2, 0) is 0 Å². The van der Waals surface area contributed by atoms with E-state index in [-0.39, 0.29) is 11.1 Å². The Morgan fingerprint density at radius 1 is 1.12 bits per heavy atom. The summed E-state index contributed by atoms with van der Waals surface area (Å²) in [5, 5.41) is 3.22. The van der Waals surface area contributed by atoms with E-state index in [9.17, 15) is 13.2 Å². The average Bonchev–Trinajstić information content (AvgIpc) is 2.96. The Bertz CT molecular complexity index is 732. The third-order valence-corrected chi connectivity index (χ3v) is 5.46. The lowest BCUT2D eigenvalue weighted by atomic mass is 10.0. The molecule has 0 radical (unpaired) electrons. The molecule has 1 aromatic heterocycles. The van der Waals surface area contributed by atoms with E-state index in [1.807, 2.05) is 12.1 Å². The molecule has 3 rings (SSSR count). The molecule has 25 heavy (non-hydrogen) atoms. The van der Waals surface area contributed by atoms with Crippen LogP contribution in [0.25, 0.3) is 0 Å². The largest absolute Gasteiger partial charge is 0.573 e. The molecule has 1 fully saturated rings. The number of nitrogens with zero attached hydrogens (tertiary/aromatic N) is 1. The fourth-order valence-corrected chi connectivity index (χ4v) is 4.32. The molecule has 1 atom stereocenters. The highest BCUT2D eigenvalue weighted by atomic mass is 35.5. The lowest BCUT2D eigenvalue weighted by Crippen LogP contribution is -2.45. The molecule has 9 heteroatoms. The average molecular weight is 411 g/mol. The molecule has 136 valence electrons. The van der Waals surface area contributed by atoms with E-state index in [1.54, 1.807) is 6.07 Å². The van der Waals surface area contributed by atoms with Gasteiger partial charge < -0.3 is 10.1 Å². The Kier molecular flexibility index (Phi) is 5.80. The third kappa shape index (κ3) is 4.80. The minimum atomic E-state index is -4.77. The predicted octanol–water partition coefficient (Wildman–Crippen LogP) is 4.95. The number of halogens is 5. The zero-order chi connectivity index (χ0) is 18.0. The van der Waals surface area contributed by atoms with Gasteiger partial charge in [0.1, 0.15) is 5.75 Å². The first-order valence-electron chi connectivity index (χ1n) is 7.59. The van der Waals surface area contributed by atoms with Gasteiger partial charge in [-0.2, -0.15) is 0 Å². The van der Waals surface area contributed by atoms with Crippen molar-refractivity contribution in [1.82, 2.24) is 10.2 Å². The normalized spacial score (nSPS) is 17.5. The van der Waals surface area contributed by atoms with Gasteiger partial charge in [0.15, 0.2) is 0 Å². The first-order chi connectivity index (χ1) is 11.8. The van der Waals surface area contributed by atoms with Gasteiger partial charge in [-0.25, -0.2) is 0 Å². The van der Waals surface area contributed by atoms with E-state index in [0.717, 1.165) is 36.6 Å². The minimum Gasteiger partial charge on any atom is -0.404 e. The van der Waals surface area contributed by atoms with Crippen molar-refractivity contribution in [3.05, 3.63) is 50.1 Å². The van der Waals surface area contributed by atoms with Crippen LogP contribution in [0.3, 0.4) is 0 Å². The fourth-order valence-electron chi connectivity index (χ4n) is 2.87. The monoisotopic (exact) mass is 410 g/mol. The van der Waals surface area contributed by atoms with Gasteiger partial charge in [0.05, 0.1) is 15.4 Å². The smallest absolute Gasteiger partial charge is 0.404 e. The molecule has 3 nitrogen and oxygen atoms in total. The molecule has 1 aromatic carbocycles. The second-order valence-corrected chi connectivity index (χ2v) is 7.72.